The molecule has 0 bridgehead atoms. The molecule has 1 heterocycles. The van der Waals surface area contributed by atoms with Crippen molar-refractivity contribution < 1.29 is 18.3 Å². The van der Waals surface area contributed by atoms with Crippen LogP contribution in [0.4, 0.5) is 13.9 Å². The van der Waals surface area contributed by atoms with Crippen LogP contribution in [0.1, 0.15) is 15.2 Å². The molecule has 106 valence electrons. The lowest BCUT2D eigenvalue weighted by Gasteiger charge is -2.03. The van der Waals surface area contributed by atoms with Crippen LogP contribution in [0, 0.1) is 11.6 Å². The third kappa shape index (κ3) is 3.74. The Kier molecular flexibility index (Phi) is 4.62. The van der Waals surface area contributed by atoms with E-state index in [1.807, 2.05) is 0 Å². The van der Waals surface area contributed by atoms with Gasteiger partial charge in [-0.3, -0.25) is 0 Å². The second kappa shape index (κ2) is 6.42. The molecule has 0 fully saturated rings. The van der Waals surface area contributed by atoms with Crippen LogP contribution in [0.2, 0.25) is 0 Å². The molecular formula is C13H12F2N2O2S. The minimum Gasteiger partial charge on any atom is -0.465 e. The Bertz CT molecular complexity index is 596. The van der Waals surface area contributed by atoms with Gasteiger partial charge in [0.15, 0.2) is 5.13 Å². The van der Waals surface area contributed by atoms with Crippen molar-refractivity contribution in [1.82, 2.24) is 4.98 Å². The Morgan fingerprint density at radius 3 is 2.70 bits per heavy atom. The zero-order valence-corrected chi connectivity index (χ0v) is 11.5. The van der Waals surface area contributed by atoms with Crippen molar-refractivity contribution in [3.8, 4) is 0 Å². The molecule has 7 heteroatoms. The molecule has 0 aliphatic rings. The number of nitrogens with zero attached hydrogens (tertiary/aromatic N) is 1. The molecule has 0 amide bonds. The standard InChI is InChI=1S/C13H12F2N2O2S/c1-19-12(18)11-7-17-13(20-11)16-3-2-8-4-9(14)6-10(15)5-8/h4-7H,2-3H2,1H3,(H,16,17). The molecule has 0 atom stereocenters. The molecule has 20 heavy (non-hydrogen) atoms. The largest absolute Gasteiger partial charge is 0.465 e. The van der Waals surface area contributed by atoms with E-state index >= 15 is 0 Å². The number of carbonyl (C=O) groups is 1. The summed E-state index contributed by atoms with van der Waals surface area (Å²) < 4.78 is 30.5. The highest BCUT2D eigenvalue weighted by Gasteiger charge is 2.10. The molecule has 1 aromatic carbocycles. The number of thiazole rings is 1. The lowest BCUT2D eigenvalue weighted by molar-refractivity contribution is 0.0606. The molecule has 2 rings (SSSR count). The Labute approximate surface area is 118 Å². The molecule has 0 aliphatic carbocycles. The highest BCUT2D eigenvalue weighted by atomic mass is 32.1. The van der Waals surface area contributed by atoms with E-state index in [4.69, 9.17) is 0 Å². The number of nitrogens with one attached hydrogen (secondary N) is 1. The van der Waals surface area contributed by atoms with Crippen molar-refractivity contribution in [2.24, 2.45) is 0 Å². The number of hydrogen-bond donors (Lipinski definition) is 1. The summed E-state index contributed by atoms with van der Waals surface area (Å²) in [5, 5.41) is 3.54. The van der Waals surface area contributed by atoms with Gasteiger partial charge in [-0.15, -0.1) is 0 Å². The summed E-state index contributed by atoms with van der Waals surface area (Å²) in [7, 11) is 1.30. The fourth-order valence-electron chi connectivity index (χ4n) is 1.62. The fraction of sp³-hybridized carbons (Fsp3) is 0.231. The first-order valence-corrected chi connectivity index (χ1v) is 6.63. The monoisotopic (exact) mass is 298 g/mol. The number of esters is 1. The van der Waals surface area contributed by atoms with Gasteiger partial charge in [-0.1, -0.05) is 11.3 Å². The number of hydrogen-bond acceptors (Lipinski definition) is 5. The zero-order chi connectivity index (χ0) is 14.5. The molecule has 0 radical (unpaired) electrons. The predicted molar refractivity (Wildman–Crippen MR) is 72.0 cm³/mol. The van der Waals surface area contributed by atoms with E-state index in [1.165, 1.54) is 25.4 Å². The van der Waals surface area contributed by atoms with Crippen LogP contribution in [0.5, 0.6) is 0 Å². The summed E-state index contributed by atoms with van der Waals surface area (Å²) in [5.74, 6) is -1.63. The molecule has 0 saturated carbocycles. The summed E-state index contributed by atoms with van der Waals surface area (Å²) in [6.07, 6.45) is 1.86. The van der Waals surface area contributed by atoms with Crippen molar-refractivity contribution >= 4 is 22.4 Å². The first kappa shape index (κ1) is 14.4. The van der Waals surface area contributed by atoms with E-state index in [2.05, 4.69) is 15.0 Å². The first-order chi connectivity index (χ1) is 9.58. The number of anilines is 1. The molecule has 0 unspecified atom stereocenters. The molecule has 2 aromatic rings. The highest BCUT2D eigenvalue weighted by Crippen LogP contribution is 2.18. The van der Waals surface area contributed by atoms with Crippen LogP contribution in [0.15, 0.2) is 24.4 Å². The van der Waals surface area contributed by atoms with E-state index in [1.54, 1.807) is 0 Å². The average Bonchev–Trinajstić information content (AvgIpc) is 2.85. The third-order valence-electron chi connectivity index (χ3n) is 2.50. The molecule has 1 N–H and O–H groups in total. The van der Waals surface area contributed by atoms with Crippen LogP contribution in [0.25, 0.3) is 0 Å². The van der Waals surface area contributed by atoms with Crippen LogP contribution in [-0.4, -0.2) is 24.6 Å². The Balaban J connectivity index is 1.89. The highest BCUT2D eigenvalue weighted by molar-refractivity contribution is 7.17. The average molecular weight is 298 g/mol. The number of aromatic nitrogens is 1. The normalized spacial score (nSPS) is 10.3. The second-order valence-corrected chi connectivity index (χ2v) is 5.01. The lowest BCUT2D eigenvalue weighted by atomic mass is 10.1. The van der Waals surface area contributed by atoms with E-state index < -0.39 is 17.6 Å². The van der Waals surface area contributed by atoms with E-state index in [0.717, 1.165) is 17.4 Å². The van der Waals surface area contributed by atoms with Gasteiger partial charge in [0.05, 0.1) is 13.3 Å². The van der Waals surface area contributed by atoms with Gasteiger partial charge < -0.3 is 10.1 Å². The van der Waals surface area contributed by atoms with Crippen molar-refractivity contribution in [2.45, 2.75) is 6.42 Å². The maximum atomic E-state index is 13.0. The fourth-order valence-corrected chi connectivity index (χ4v) is 2.38. The number of methoxy groups -OCH3 is 1. The molecule has 0 saturated heterocycles. The summed E-state index contributed by atoms with van der Waals surface area (Å²) >= 11 is 1.16. The minimum atomic E-state index is -0.595. The number of rotatable bonds is 5. The van der Waals surface area contributed by atoms with Gasteiger partial charge >= 0.3 is 5.97 Å². The number of halogens is 2. The third-order valence-corrected chi connectivity index (χ3v) is 3.44. The van der Waals surface area contributed by atoms with Crippen molar-refractivity contribution in [1.29, 1.82) is 0 Å². The molecular weight excluding hydrogens is 286 g/mol. The predicted octanol–water partition coefficient (Wildman–Crippen LogP) is 2.86. The lowest BCUT2D eigenvalue weighted by Crippen LogP contribution is -2.05. The van der Waals surface area contributed by atoms with Gasteiger partial charge in [-0.05, 0) is 24.1 Å². The van der Waals surface area contributed by atoms with Gasteiger partial charge in [0.2, 0.25) is 0 Å². The molecule has 0 spiro atoms. The summed E-state index contributed by atoms with van der Waals surface area (Å²) in [4.78, 5) is 15.6. The maximum Gasteiger partial charge on any atom is 0.349 e. The number of benzene rings is 1. The topological polar surface area (TPSA) is 51.2 Å². The maximum absolute atomic E-state index is 13.0. The number of ether oxygens (including phenoxy) is 1. The summed E-state index contributed by atoms with van der Waals surface area (Å²) in [6.45, 7) is 0.455. The number of carbonyl (C=O) groups excluding carboxylic acids is 1. The first-order valence-electron chi connectivity index (χ1n) is 5.81. The quantitative estimate of drug-likeness (QED) is 0.862. The Morgan fingerprint density at radius 1 is 1.35 bits per heavy atom. The Hall–Kier alpha value is -2.02. The van der Waals surface area contributed by atoms with E-state index in [-0.39, 0.29) is 0 Å². The van der Waals surface area contributed by atoms with Gasteiger partial charge in [0, 0.05) is 12.6 Å². The Morgan fingerprint density at radius 2 is 2.05 bits per heavy atom. The molecule has 0 aliphatic heterocycles. The van der Waals surface area contributed by atoms with E-state index in [0.29, 0.717) is 28.5 Å². The van der Waals surface area contributed by atoms with Gasteiger partial charge in [-0.2, -0.15) is 0 Å². The second-order valence-electron chi connectivity index (χ2n) is 3.98. The van der Waals surface area contributed by atoms with Crippen LogP contribution < -0.4 is 5.32 Å². The van der Waals surface area contributed by atoms with Crippen LogP contribution in [0.3, 0.4) is 0 Å². The SMILES string of the molecule is COC(=O)c1cnc(NCCc2cc(F)cc(F)c2)s1. The molecule has 1 aromatic heterocycles. The van der Waals surface area contributed by atoms with Crippen molar-refractivity contribution in [2.75, 3.05) is 19.0 Å². The van der Waals surface area contributed by atoms with Gasteiger partial charge in [0.1, 0.15) is 16.5 Å². The van der Waals surface area contributed by atoms with E-state index in [9.17, 15) is 13.6 Å². The smallest absolute Gasteiger partial charge is 0.349 e. The zero-order valence-electron chi connectivity index (χ0n) is 10.7. The van der Waals surface area contributed by atoms with Crippen molar-refractivity contribution in [3.63, 3.8) is 0 Å². The van der Waals surface area contributed by atoms with Crippen LogP contribution in [-0.2, 0) is 11.2 Å². The van der Waals surface area contributed by atoms with Gasteiger partial charge in [0.25, 0.3) is 0 Å². The van der Waals surface area contributed by atoms with Gasteiger partial charge in [-0.25, -0.2) is 18.6 Å². The summed E-state index contributed by atoms with van der Waals surface area (Å²) in [5.41, 5.74) is 0.555. The van der Waals surface area contributed by atoms with Crippen molar-refractivity contribution in [3.05, 3.63) is 46.5 Å². The molecule has 4 nitrogen and oxygen atoms in total. The minimum absolute atomic E-state index is 0.395. The summed E-state index contributed by atoms with van der Waals surface area (Å²) in [6, 6.07) is 3.40. The van der Waals surface area contributed by atoms with Crippen LogP contribution >= 0.6 is 11.3 Å².